The third kappa shape index (κ3) is 81.6. The number of hydrogen-bond donors (Lipinski definition) is 3. The van der Waals surface area contributed by atoms with Gasteiger partial charge in [0, 0.05) is 25.7 Å². The third-order valence-corrected chi connectivity index (χ3v) is 18.6. The Kier molecular flexibility index (Phi) is 77.9. The SMILES string of the molecule is CC/C=C\C/C=C\C/C=C\C/C=C\C/C=C\C/C=C\CCC(=O)O[C@H](COC(=O)CCCCCCC/C=C\CCCCCCCC)COP(=O)(O)OC[C@H](O)COP(=O)(O)OC[C@@H](COC(=O)CC/C=C\C/C=C\C/C=C\C/C=C\C/C=C\CCCCC)OC(=O)CCCCC/C=C\C/C=C\C/C=C\C/C=C\C/C=C\CC. The van der Waals surface area contributed by atoms with E-state index >= 15 is 0 Å². The van der Waals surface area contributed by atoms with Crippen LogP contribution in [0.15, 0.2) is 207 Å². The lowest BCUT2D eigenvalue weighted by Crippen LogP contribution is -2.30. The van der Waals surface area contributed by atoms with Crippen LogP contribution in [-0.2, 0) is 65.4 Å². The minimum absolute atomic E-state index is 0.0199. The van der Waals surface area contributed by atoms with Crippen molar-refractivity contribution in [3.63, 3.8) is 0 Å². The maximum atomic E-state index is 13.1. The molecule has 0 fully saturated rings. The molecule has 5 atom stereocenters. The average molecular weight is 1600 g/mol. The van der Waals surface area contributed by atoms with Crippen LogP contribution in [0.2, 0.25) is 0 Å². The number of rotatable bonds is 77. The number of aliphatic hydroxyl groups excluding tert-OH is 1. The Morgan fingerprint density at radius 2 is 0.482 bits per heavy atom. The van der Waals surface area contributed by atoms with Crippen LogP contribution in [0.3, 0.4) is 0 Å². The number of phosphoric acid groups is 2. The topological polar surface area (TPSA) is 237 Å². The maximum Gasteiger partial charge on any atom is 0.472 e. The van der Waals surface area contributed by atoms with E-state index < -0.39 is 97.5 Å². The molecule has 17 nitrogen and oxygen atoms in total. The van der Waals surface area contributed by atoms with Crippen LogP contribution >= 0.6 is 15.6 Å². The van der Waals surface area contributed by atoms with Crippen molar-refractivity contribution in [3.05, 3.63) is 207 Å². The molecule has 2 unspecified atom stereocenters. The summed E-state index contributed by atoms with van der Waals surface area (Å²) in [4.78, 5) is 73.2. The van der Waals surface area contributed by atoms with E-state index in [1.165, 1.54) is 57.8 Å². The zero-order valence-electron chi connectivity index (χ0n) is 69.3. The Bertz CT molecular complexity index is 2940. The van der Waals surface area contributed by atoms with E-state index in [4.69, 9.17) is 37.0 Å². The molecule has 3 N–H and O–H groups in total. The van der Waals surface area contributed by atoms with Gasteiger partial charge in [-0.25, -0.2) is 9.13 Å². The zero-order chi connectivity index (χ0) is 81.7. The predicted molar refractivity (Wildman–Crippen MR) is 463 cm³/mol. The first-order valence-corrected chi connectivity index (χ1v) is 45.3. The van der Waals surface area contributed by atoms with Gasteiger partial charge in [-0.2, -0.15) is 0 Å². The van der Waals surface area contributed by atoms with Gasteiger partial charge in [-0.1, -0.05) is 305 Å². The molecular weight excluding hydrogens is 1450 g/mol. The van der Waals surface area contributed by atoms with E-state index in [1.807, 2.05) is 36.5 Å². The number of allylic oxidation sites excluding steroid dienone is 34. The largest absolute Gasteiger partial charge is 0.472 e. The molecule has 632 valence electrons. The van der Waals surface area contributed by atoms with E-state index in [-0.39, 0.29) is 25.7 Å². The molecule has 0 heterocycles. The van der Waals surface area contributed by atoms with E-state index in [1.54, 1.807) is 0 Å². The van der Waals surface area contributed by atoms with E-state index in [9.17, 15) is 43.2 Å². The third-order valence-electron chi connectivity index (χ3n) is 16.7. The van der Waals surface area contributed by atoms with Crippen LogP contribution in [0, 0.1) is 0 Å². The maximum absolute atomic E-state index is 13.1. The molecule has 0 aliphatic rings. The highest BCUT2D eigenvalue weighted by Crippen LogP contribution is 2.45. The van der Waals surface area contributed by atoms with Crippen molar-refractivity contribution < 1.29 is 80.2 Å². The van der Waals surface area contributed by atoms with Gasteiger partial charge in [-0.15, -0.1) is 0 Å². The van der Waals surface area contributed by atoms with Crippen LogP contribution in [-0.4, -0.2) is 96.7 Å². The molecule has 112 heavy (non-hydrogen) atoms. The van der Waals surface area contributed by atoms with Gasteiger partial charge in [0.15, 0.2) is 12.2 Å². The first kappa shape index (κ1) is 106. The Labute approximate surface area is 678 Å². The summed E-state index contributed by atoms with van der Waals surface area (Å²) in [5.74, 6) is -2.44. The standard InChI is InChI=1S/C93H148O17P2/c1-5-9-13-17-21-25-29-33-37-40-43-46-50-54-58-62-66-70-74-78-91(96)104-84-89(110-93(98)80-76-72-68-64-60-56-52-48-45-42-39-35-31-27-23-19-15-11-7-3)86-108-112(101,102)106-82-87(94)81-105-111(99,100)107-85-88(83-103-90(95)77-73-69-65-61-57-53-49-36-32-28-24-20-16-12-8-4)109-92(97)79-75-71-67-63-59-55-51-47-44-41-38-34-30-26-22-18-14-10-6-2/h10-11,14-15,21-23,25-27,33-39,43-49,54-56,58-60,66-67,70-71,87-89,94H,5-9,12-13,16-20,24,28-32,40-42,50-53,57,61-65,68-69,72-86H2,1-4H3,(H,99,100)(H,101,102)/b14-10-,15-11-,25-21-,26-22-,27-23-,37-33-,38-34-,39-35-,46-43-,47-44-,48-45-,49-36-,58-54-,59-55-,60-56-,70-66-,71-67-/t87-,88+,89+/m0/s1. The normalized spacial score (nSPS) is 14.8. The molecule has 0 saturated heterocycles. The Hall–Kier alpha value is -6.36. The molecule has 0 bridgehead atoms. The highest BCUT2D eigenvalue weighted by Gasteiger charge is 2.30. The molecule has 0 aromatic carbocycles. The number of carbonyl (C=O) groups is 4. The van der Waals surface area contributed by atoms with Gasteiger partial charge >= 0.3 is 39.5 Å². The molecule has 0 aliphatic carbocycles. The first-order valence-electron chi connectivity index (χ1n) is 42.3. The van der Waals surface area contributed by atoms with Crippen molar-refractivity contribution >= 4 is 39.5 Å². The van der Waals surface area contributed by atoms with E-state index in [0.29, 0.717) is 38.5 Å². The van der Waals surface area contributed by atoms with Crippen molar-refractivity contribution in [2.75, 3.05) is 39.6 Å². The summed E-state index contributed by atoms with van der Waals surface area (Å²) >= 11 is 0. The van der Waals surface area contributed by atoms with Crippen molar-refractivity contribution in [2.45, 2.75) is 316 Å². The van der Waals surface area contributed by atoms with Crippen LogP contribution in [0.25, 0.3) is 0 Å². The van der Waals surface area contributed by atoms with Crippen LogP contribution in [0.4, 0.5) is 0 Å². The summed E-state index contributed by atoms with van der Waals surface area (Å²) in [6.45, 7) is 4.38. The molecule has 19 heteroatoms. The van der Waals surface area contributed by atoms with E-state index in [0.717, 1.165) is 148 Å². The van der Waals surface area contributed by atoms with Crippen molar-refractivity contribution in [1.29, 1.82) is 0 Å². The second-order valence-corrected chi connectivity index (χ2v) is 30.2. The summed E-state index contributed by atoms with van der Waals surface area (Å²) in [6.07, 6.45) is 104. The molecule has 0 aliphatic heterocycles. The van der Waals surface area contributed by atoms with Gasteiger partial charge in [-0.3, -0.25) is 37.3 Å². The molecule has 0 aromatic heterocycles. The minimum atomic E-state index is -5.03. The molecule has 0 radical (unpaired) electrons. The minimum Gasteiger partial charge on any atom is -0.462 e. The zero-order valence-corrected chi connectivity index (χ0v) is 71.0. The molecule has 0 rings (SSSR count). The molecule has 0 saturated carbocycles. The number of ether oxygens (including phenoxy) is 4. The smallest absolute Gasteiger partial charge is 0.462 e. The predicted octanol–water partition coefficient (Wildman–Crippen LogP) is 25.4. The second kappa shape index (κ2) is 82.6. The quantitative estimate of drug-likeness (QED) is 0.0169. The second-order valence-electron chi connectivity index (χ2n) is 27.3. The highest BCUT2D eigenvalue weighted by molar-refractivity contribution is 7.47. The summed E-state index contributed by atoms with van der Waals surface area (Å²) < 4.78 is 68.6. The highest BCUT2D eigenvalue weighted by atomic mass is 31.2. The van der Waals surface area contributed by atoms with Gasteiger partial charge in [0.1, 0.15) is 19.3 Å². The number of carbonyl (C=O) groups excluding carboxylic acids is 4. The van der Waals surface area contributed by atoms with Gasteiger partial charge in [0.2, 0.25) is 0 Å². The molecule has 0 amide bonds. The summed E-state index contributed by atoms with van der Waals surface area (Å²) in [5, 5.41) is 10.7. The van der Waals surface area contributed by atoms with Gasteiger partial charge in [-0.05, 0) is 173 Å². The first-order chi connectivity index (χ1) is 54.7. The number of phosphoric ester groups is 2. The van der Waals surface area contributed by atoms with Crippen LogP contribution < -0.4 is 0 Å². The molecular formula is C93H148O17P2. The average Bonchev–Trinajstić information content (AvgIpc) is 0.897. The van der Waals surface area contributed by atoms with Crippen molar-refractivity contribution in [3.8, 4) is 0 Å². The summed E-state index contributed by atoms with van der Waals surface area (Å²) in [7, 11) is -10.0. The monoisotopic (exact) mass is 1600 g/mol. The fourth-order valence-corrected chi connectivity index (χ4v) is 11.9. The van der Waals surface area contributed by atoms with Crippen molar-refractivity contribution in [1.82, 2.24) is 0 Å². The Morgan fingerprint density at radius 3 is 0.821 bits per heavy atom. The fraction of sp³-hybridized carbons (Fsp3) is 0.591. The van der Waals surface area contributed by atoms with Crippen molar-refractivity contribution in [2.24, 2.45) is 0 Å². The number of hydrogen-bond acceptors (Lipinski definition) is 15. The van der Waals surface area contributed by atoms with Gasteiger partial charge in [0.05, 0.1) is 26.4 Å². The lowest BCUT2D eigenvalue weighted by atomic mass is 10.1. The number of aliphatic hydroxyl groups is 1. The van der Waals surface area contributed by atoms with Gasteiger partial charge in [0.25, 0.3) is 0 Å². The lowest BCUT2D eigenvalue weighted by Gasteiger charge is -2.21. The Balaban J connectivity index is 5.59. The summed E-state index contributed by atoms with van der Waals surface area (Å²) in [6, 6.07) is 0. The lowest BCUT2D eigenvalue weighted by molar-refractivity contribution is -0.161. The Morgan fingerprint density at radius 1 is 0.259 bits per heavy atom. The van der Waals surface area contributed by atoms with Crippen LogP contribution in [0.1, 0.15) is 297 Å². The van der Waals surface area contributed by atoms with E-state index in [2.05, 4.69) is 198 Å². The number of esters is 4. The molecule has 0 spiro atoms. The fourth-order valence-electron chi connectivity index (χ4n) is 10.4. The van der Waals surface area contributed by atoms with Crippen LogP contribution in [0.5, 0.6) is 0 Å². The summed E-state index contributed by atoms with van der Waals surface area (Å²) in [5.41, 5.74) is 0. The number of unbranched alkanes of at least 4 members (excludes halogenated alkanes) is 17. The van der Waals surface area contributed by atoms with Gasteiger partial charge < -0.3 is 33.8 Å². The molecule has 0 aromatic rings.